The standard InChI is InChI=1S/C11H18N4/c1-7(12)9-3-2-6-15-10(8-4-5-8)13-14-11(9)15/h7-9H,2-6,12H2,1H3. The van der Waals surface area contributed by atoms with E-state index in [0.29, 0.717) is 11.8 Å². The van der Waals surface area contributed by atoms with Crippen molar-refractivity contribution in [2.24, 2.45) is 5.73 Å². The topological polar surface area (TPSA) is 56.7 Å². The fraction of sp³-hybridized carbons (Fsp3) is 0.818. The smallest absolute Gasteiger partial charge is 0.137 e. The number of aromatic nitrogens is 3. The minimum absolute atomic E-state index is 0.195. The molecule has 1 aromatic rings. The number of nitrogens with zero attached hydrogens (tertiary/aromatic N) is 3. The maximum Gasteiger partial charge on any atom is 0.137 e. The zero-order chi connectivity index (χ0) is 10.4. The Morgan fingerprint density at radius 3 is 2.67 bits per heavy atom. The van der Waals surface area contributed by atoms with Crippen LogP contribution in [0, 0.1) is 0 Å². The number of nitrogens with two attached hydrogens (primary N) is 1. The van der Waals surface area contributed by atoms with E-state index in [-0.39, 0.29) is 6.04 Å². The Hall–Kier alpha value is -0.900. The molecule has 0 spiro atoms. The van der Waals surface area contributed by atoms with Gasteiger partial charge >= 0.3 is 0 Å². The first-order valence-corrected chi connectivity index (χ1v) is 5.96. The molecule has 0 saturated heterocycles. The van der Waals surface area contributed by atoms with Gasteiger partial charge in [-0.3, -0.25) is 0 Å². The van der Waals surface area contributed by atoms with Crippen molar-refractivity contribution in [3.8, 4) is 0 Å². The van der Waals surface area contributed by atoms with Gasteiger partial charge in [-0.25, -0.2) is 0 Å². The predicted molar refractivity (Wildman–Crippen MR) is 57.6 cm³/mol. The molecule has 1 aliphatic carbocycles. The molecule has 0 aromatic carbocycles. The van der Waals surface area contributed by atoms with E-state index in [1.807, 2.05) is 0 Å². The first-order chi connectivity index (χ1) is 7.27. The molecule has 1 aliphatic heterocycles. The molecule has 4 nitrogen and oxygen atoms in total. The van der Waals surface area contributed by atoms with E-state index in [2.05, 4.69) is 21.7 Å². The molecule has 3 rings (SSSR count). The molecular weight excluding hydrogens is 188 g/mol. The Morgan fingerprint density at radius 2 is 2.00 bits per heavy atom. The summed E-state index contributed by atoms with van der Waals surface area (Å²) in [6.45, 7) is 3.17. The number of hydrogen-bond donors (Lipinski definition) is 1. The van der Waals surface area contributed by atoms with E-state index >= 15 is 0 Å². The van der Waals surface area contributed by atoms with E-state index < -0.39 is 0 Å². The maximum absolute atomic E-state index is 6.00. The van der Waals surface area contributed by atoms with Crippen LogP contribution < -0.4 is 5.73 Å². The van der Waals surface area contributed by atoms with Crippen LogP contribution in [0.5, 0.6) is 0 Å². The summed E-state index contributed by atoms with van der Waals surface area (Å²) in [5.41, 5.74) is 6.00. The lowest BCUT2D eigenvalue weighted by Crippen LogP contribution is -2.30. The van der Waals surface area contributed by atoms with Gasteiger partial charge in [-0.2, -0.15) is 0 Å². The van der Waals surface area contributed by atoms with Gasteiger partial charge in [0.05, 0.1) is 0 Å². The predicted octanol–water partition coefficient (Wildman–Crippen LogP) is 1.38. The first-order valence-electron chi connectivity index (χ1n) is 5.96. The summed E-state index contributed by atoms with van der Waals surface area (Å²) in [5.74, 6) is 3.46. The lowest BCUT2D eigenvalue weighted by Gasteiger charge is -2.26. The molecule has 1 aromatic heterocycles. The van der Waals surface area contributed by atoms with Crippen molar-refractivity contribution in [1.82, 2.24) is 14.8 Å². The Kier molecular flexibility index (Phi) is 2.06. The van der Waals surface area contributed by atoms with E-state index in [0.717, 1.165) is 12.4 Å². The highest BCUT2D eigenvalue weighted by Crippen LogP contribution is 2.41. The fourth-order valence-corrected chi connectivity index (χ4v) is 2.57. The van der Waals surface area contributed by atoms with Crippen LogP contribution in [0.3, 0.4) is 0 Å². The molecule has 0 radical (unpaired) electrons. The van der Waals surface area contributed by atoms with Crippen molar-refractivity contribution in [3.63, 3.8) is 0 Å². The molecule has 1 fully saturated rings. The highest BCUT2D eigenvalue weighted by molar-refractivity contribution is 5.13. The van der Waals surface area contributed by atoms with E-state index in [1.165, 1.54) is 31.5 Å². The van der Waals surface area contributed by atoms with Crippen LogP contribution in [-0.4, -0.2) is 20.8 Å². The lowest BCUT2D eigenvalue weighted by atomic mass is 9.92. The SMILES string of the molecule is CC(N)C1CCCn2c(C3CC3)nnc21. The summed E-state index contributed by atoms with van der Waals surface area (Å²) in [4.78, 5) is 0. The Morgan fingerprint density at radius 1 is 1.27 bits per heavy atom. The Bertz CT molecular complexity index is 365. The molecule has 2 heterocycles. The minimum atomic E-state index is 0.195. The van der Waals surface area contributed by atoms with Crippen molar-refractivity contribution in [2.75, 3.05) is 0 Å². The molecule has 2 N–H and O–H groups in total. The Labute approximate surface area is 89.9 Å². The summed E-state index contributed by atoms with van der Waals surface area (Å²) >= 11 is 0. The van der Waals surface area contributed by atoms with Gasteiger partial charge in [-0.1, -0.05) is 0 Å². The average Bonchev–Trinajstić information content (AvgIpc) is 2.97. The van der Waals surface area contributed by atoms with Crippen molar-refractivity contribution >= 4 is 0 Å². The normalized spacial score (nSPS) is 27.5. The third-order valence-electron chi connectivity index (χ3n) is 3.61. The third-order valence-corrected chi connectivity index (χ3v) is 3.61. The van der Waals surface area contributed by atoms with Crippen molar-refractivity contribution in [3.05, 3.63) is 11.6 Å². The summed E-state index contributed by atoms with van der Waals surface area (Å²) in [5, 5.41) is 8.70. The Balaban J connectivity index is 1.98. The highest BCUT2D eigenvalue weighted by atomic mass is 15.3. The van der Waals surface area contributed by atoms with Crippen molar-refractivity contribution in [2.45, 2.75) is 57.0 Å². The zero-order valence-corrected chi connectivity index (χ0v) is 9.19. The first kappa shape index (κ1) is 9.33. The van der Waals surface area contributed by atoms with Crippen LogP contribution in [0.25, 0.3) is 0 Å². The summed E-state index contributed by atoms with van der Waals surface area (Å²) in [7, 11) is 0. The molecule has 2 unspecified atom stereocenters. The summed E-state index contributed by atoms with van der Waals surface area (Å²) < 4.78 is 2.33. The molecule has 0 bridgehead atoms. The summed E-state index contributed by atoms with van der Waals surface area (Å²) in [6, 6.07) is 0.195. The zero-order valence-electron chi connectivity index (χ0n) is 9.19. The van der Waals surface area contributed by atoms with Gasteiger partial charge in [-0.05, 0) is 32.6 Å². The maximum atomic E-state index is 6.00. The second-order valence-electron chi connectivity index (χ2n) is 4.95. The molecule has 2 atom stereocenters. The molecular formula is C11H18N4. The van der Waals surface area contributed by atoms with Gasteiger partial charge in [0, 0.05) is 24.4 Å². The molecule has 0 amide bonds. The van der Waals surface area contributed by atoms with Crippen molar-refractivity contribution in [1.29, 1.82) is 0 Å². The number of rotatable bonds is 2. The van der Waals surface area contributed by atoms with Crippen LogP contribution in [0.15, 0.2) is 0 Å². The van der Waals surface area contributed by atoms with Crippen LogP contribution in [0.2, 0.25) is 0 Å². The van der Waals surface area contributed by atoms with Crippen LogP contribution in [0.4, 0.5) is 0 Å². The van der Waals surface area contributed by atoms with E-state index in [4.69, 9.17) is 5.73 Å². The monoisotopic (exact) mass is 206 g/mol. The van der Waals surface area contributed by atoms with Crippen LogP contribution in [0.1, 0.15) is 56.1 Å². The van der Waals surface area contributed by atoms with Crippen molar-refractivity contribution < 1.29 is 0 Å². The minimum Gasteiger partial charge on any atom is -0.327 e. The average molecular weight is 206 g/mol. The van der Waals surface area contributed by atoms with Crippen LogP contribution in [-0.2, 0) is 6.54 Å². The number of hydrogen-bond acceptors (Lipinski definition) is 3. The molecule has 4 heteroatoms. The molecule has 1 saturated carbocycles. The quantitative estimate of drug-likeness (QED) is 0.795. The van der Waals surface area contributed by atoms with E-state index in [1.54, 1.807) is 0 Å². The number of fused-ring (bicyclic) bond motifs is 1. The largest absolute Gasteiger partial charge is 0.327 e. The van der Waals surface area contributed by atoms with Gasteiger partial charge in [0.2, 0.25) is 0 Å². The summed E-state index contributed by atoms with van der Waals surface area (Å²) in [6.07, 6.45) is 4.97. The van der Waals surface area contributed by atoms with Gasteiger partial charge in [-0.15, -0.1) is 10.2 Å². The third kappa shape index (κ3) is 1.47. The lowest BCUT2D eigenvalue weighted by molar-refractivity contribution is 0.397. The van der Waals surface area contributed by atoms with Gasteiger partial charge in [0.25, 0.3) is 0 Å². The molecule has 2 aliphatic rings. The fourth-order valence-electron chi connectivity index (χ4n) is 2.57. The van der Waals surface area contributed by atoms with Gasteiger partial charge in [0.15, 0.2) is 0 Å². The van der Waals surface area contributed by atoms with Gasteiger partial charge < -0.3 is 10.3 Å². The van der Waals surface area contributed by atoms with E-state index in [9.17, 15) is 0 Å². The molecule has 82 valence electrons. The van der Waals surface area contributed by atoms with Gasteiger partial charge in [0.1, 0.15) is 11.6 Å². The van der Waals surface area contributed by atoms with Crippen LogP contribution >= 0.6 is 0 Å². The second-order valence-corrected chi connectivity index (χ2v) is 4.95. The second kappa shape index (κ2) is 3.30. The molecule has 15 heavy (non-hydrogen) atoms. The highest BCUT2D eigenvalue weighted by Gasteiger charge is 2.34.